The molecule has 0 amide bonds. The summed E-state index contributed by atoms with van der Waals surface area (Å²) in [5.74, 6) is -0.120. The van der Waals surface area contributed by atoms with Crippen LogP contribution in [0, 0.1) is 0 Å². The smallest absolute Gasteiger partial charge is 0.305 e. The number of methoxy groups -OCH3 is 1. The molecule has 3 heteroatoms. The number of benzene rings is 1. The lowest BCUT2D eigenvalue weighted by atomic mass is 10.1. The second-order valence-corrected chi connectivity index (χ2v) is 4.55. The number of carbonyl (C=O) groups is 1. The van der Waals surface area contributed by atoms with E-state index >= 15 is 0 Å². The van der Waals surface area contributed by atoms with Crippen LogP contribution in [0.3, 0.4) is 0 Å². The van der Waals surface area contributed by atoms with Crippen LogP contribution in [0.1, 0.15) is 25.3 Å². The lowest BCUT2D eigenvalue weighted by Crippen LogP contribution is -2.30. The van der Waals surface area contributed by atoms with E-state index in [1.807, 2.05) is 0 Å². The Labute approximate surface area is 102 Å². The summed E-state index contributed by atoms with van der Waals surface area (Å²) in [5, 5.41) is 0. The molecule has 0 aliphatic carbocycles. The molecule has 1 heterocycles. The number of nitrogens with zero attached hydrogens (tertiary/aromatic N) is 1. The van der Waals surface area contributed by atoms with E-state index in [1.54, 1.807) is 0 Å². The van der Waals surface area contributed by atoms with Crippen molar-refractivity contribution in [2.24, 2.45) is 0 Å². The molecule has 0 bridgehead atoms. The fourth-order valence-corrected chi connectivity index (χ4v) is 2.47. The molecule has 2 rings (SSSR count). The number of esters is 1. The summed E-state index contributed by atoms with van der Waals surface area (Å²) in [6.07, 6.45) is 2.46. The Bertz CT molecular complexity index is 403. The van der Waals surface area contributed by atoms with E-state index < -0.39 is 0 Å². The zero-order chi connectivity index (χ0) is 12.3. The zero-order valence-corrected chi connectivity index (χ0v) is 10.5. The fourth-order valence-electron chi connectivity index (χ4n) is 2.47. The minimum absolute atomic E-state index is 0.120. The van der Waals surface area contributed by atoms with Crippen molar-refractivity contribution in [2.75, 3.05) is 18.6 Å². The monoisotopic (exact) mass is 233 g/mol. The lowest BCUT2D eigenvalue weighted by Gasteiger charge is -2.24. The van der Waals surface area contributed by atoms with Crippen LogP contribution in [0.15, 0.2) is 24.3 Å². The molecular formula is C14H19NO2. The number of carbonyl (C=O) groups excluding carboxylic acids is 1. The van der Waals surface area contributed by atoms with Gasteiger partial charge in [0.1, 0.15) is 0 Å². The van der Waals surface area contributed by atoms with Gasteiger partial charge in [-0.1, -0.05) is 18.2 Å². The maximum Gasteiger partial charge on any atom is 0.305 e. The van der Waals surface area contributed by atoms with Crippen LogP contribution in [-0.2, 0) is 16.0 Å². The summed E-state index contributed by atoms with van der Waals surface area (Å²) in [5.41, 5.74) is 2.74. The van der Waals surface area contributed by atoms with Gasteiger partial charge in [0.15, 0.2) is 0 Å². The molecule has 0 saturated carbocycles. The van der Waals surface area contributed by atoms with Crippen molar-refractivity contribution in [3.05, 3.63) is 29.8 Å². The van der Waals surface area contributed by atoms with Crippen molar-refractivity contribution < 1.29 is 9.53 Å². The molecule has 0 fully saturated rings. The molecule has 0 N–H and O–H groups in total. The Kier molecular flexibility index (Phi) is 3.67. The summed E-state index contributed by atoms with van der Waals surface area (Å²) in [6, 6.07) is 9.04. The first-order valence-corrected chi connectivity index (χ1v) is 6.13. The maximum absolute atomic E-state index is 11.1. The Morgan fingerprint density at radius 3 is 3.00 bits per heavy atom. The lowest BCUT2D eigenvalue weighted by molar-refractivity contribution is -0.140. The number of fused-ring (bicyclic) bond motifs is 1. The zero-order valence-electron chi connectivity index (χ0n) is 10.5. The normalized spacial score (nSPS) is 18.0. The van der Waals surface area contributed by atoms with E-state index in [9.17, 15) is 4.79 Å². The van der Waals surface area contributed by atoms with Gasteiger partial charge < -0.3 is 9.64 Å². The van der Waals surface area contributed by atoms with Crippen LogP contribution < -0.4 is 4.90 Å². The van der Waals surface area contributed by atoms with E-state index in [-0.39, 0.29) is 5.97 Å². The average molecular weight is 233 g/mol. The Morgan fingerprint density at radius 2 is 2.24 bits per heavy atom. The van der Waals surface area contributed by atoms with Crippen molar-refractivity contribution >= 4 is 11.7 Å². The number of hydrogen-bond acceptors (Lipinski definition) is 3. The van der Waals surface area contributed by atoms with E-state index in [4.69, 9.17) is 0 Å². The van der Waals surface area contributed by atoms with Crippen LogP contribution in [0.25, 0.3) is 0 Å². The Morgan fingerprint density at radius 1 is 1.47 bits per heavy atom. The van der Waals surface area contributed by atoms with Crippen molar-refractivity contribution in [3.8, 4) is 0 Å². The summed E-state index contributed by atoms with van der Waals surface area (Å²) in [4.78, 5) is 13.5. The first-order valence-electron chi connectivity index (χ1n) is 6.13. The third-order valence-electron chi connectivity index (χ3n) is 3.36. The number of rotatable bonds is 4. The van der Waals surface area contributed by atoms with Gasteiger partial charge >= 0.3 is 5.97 Å². The predicted molar refractivity (Wildman–Crippen MR) is 68.2 cm³/mol. The second-order valence-electron chi connectivity index (χ2n) is 4.55. The van der Waals surface area contributed by atoms with Gasteiger partial charge in [0.25, 0.3) is 0 Å². The third kappa shape index (κ3) is 2.60. The molecule has 0 radical (unpaired) electrons. The number of hydrogen-bond donors (Lipinski definition) is 0. The first-order chi connectivity index (χ1) is 8.22. The molecule has 17 heavy (non-hydrogen) atoms. The highest BCUT2D eigenvalue weighted by atomic mass is 16.5. The molecular weight excluding hydrogens is 214 g/mol. The van der Waals surface area contributed by atoms with Crippen molar-refractivity contribution in [1.29, 1.82) is 0 Å². The van der Waals surface area contributed by atoms with Crippen molar-refractivity contribution in [3.63, 3.8) is 0 Å². The van der Waals surface area contributed by atoms with Gasteiger partial charge in [-0.2, -0.15) is 0 Å². The molecule has 92 valence electrons. The predicted octanol–water partition coefficient (Wildman–Crippen LogP) is 2.39. The second kappa shape index (κ2) is 5.21. The maximum atomic E-state index is 11.1. The van der Waals surface area contributed by atoms with E-state index in [0.29, 0.717) is 12.5 Å². The van der Waals surface area contributed by atoms with Gasteiger partial charge in [0, 0.05) is 24.7 Å². The van der Waals surface area contributed by atoms with Gasteiger partial charge in [-0.15, -0.1) is 0 Å². The fraction of sp³-hybridized carbons (Fsp3) is 0.500. The van der Waals surface area contributed by atoms with Crippen molar-refractivity contribution in [2.45, 2.75) is 32.2 Å². The highest BCUT2D eigenvalue weighted by molar-refractivity contribution is 5.69. The van der Waals surface area contributed by atoms with Gasteiger partial charge in [0.05, 0.1) is 7.11 Å². The quantitative estimate of drug-likeness (QED) is 0.748. The molecule has 3 nitrogen and oxygen atoms in total. The number of ether oxygens (including phenoxy) is 1. The van der Waals surface area contributed by atoms with E-state index in [1.165, 1.54) is 18.4 Å². The Balaban J connectivity index is 1.95. The van der Waals surface area contributed by atoms with E-state index in [2.05, 4.69) is 40.8 Å². The summed E-state index contributed by atoms with van der Waals surface area (Å²) >= 11 is 0. The topological polar surface area (TPSA) is 29.5 Å². The van der Waals surface area contributed by atoms with E-state index in [0.717, 1.165) is 19.4 Å². The van der Waals surface area contributed by atoms with Crippen LogP contribution >= 0.6 is 0 Å². The standard InChI is InChI=1S/C14H19NO2/c1-11-10-12-6-3-4-7-13(12)15(11)9-5-8-14(16)17-2/h3-4,6-7,11H,5,8-10H2,1-2H3. The van der Waals surface area contributed by atoms with Crippen molar-refractivity contribution in [1.82, 2.24) is 0 Å². The van der Waals surface area contributed by atoms with Crippen LogP contribution in [0.2, 0.25) is 0 Å². The minimum Gasteiger partial charge on any atom is -0.469 e. The number of anilines is 1. The molecule has 0 spiro atoms. The third-order valence-corrected chi connectivity index (χ3v) is 3.36. The molecule has 1 aliphatic heterocycles. The Hall–Kier alpha value is -1.51. The molecule has 0 saturated heterocycles. The molecule has 1 unspecified atom stereocenters. The minimum atomic E-state index is -0.120. The molecule has 1 atom stereocenters. The number of para-hydroxylation sites is 1. The van der Waals surface area contributed by atoms with Gasteiger partial charge in [-0.05, 0) is 31.4 Å². The average Bonchev–Trinajstić information content (AvgIpc) is 2.66. The van der Waals surface area contributed by atoms with Gasteiger partial charge in [0.2, 0.25) is 0 Å². The summed E-state index contributed by atoms with van der Waals surface area (Å²) in [6.45, 7) is 3.16. The molecule has 1 aromatic carbocycles. The summed E-state index contributed by atoms with van der Waals surface area (Å²) in [7, 11) is 1.44. The SMILES string of the molecule is COC(=O)CCCN1c2ccccc2CC1C. The largest absolute Gasteiger partial charge is 0.469 e. The molecule has 0 aromatic heterocycles. The van der Waals surface area contributed by atoms with Gasteiger partial charge in [-0.3, -0.25) is 4.79 Å². The van der Waals surface area contributed by atoms with Crippen LogP contribution in [-0.4, -0.2) is 25.7 Å². The summed E-state index contributed by atoms with van der Waals surface area (Å²) < 4.78 is 4.65. The first kappa shape index (κ1) is 12.0. The molecule has 1 aliphatic rings. The highest BCUT2D eigenvalue weighted by Gasteiger charge is 2.24. The van der Waals surface area contributed by atoms with Crippen LogP contribution in [0.4, 0.5) is 5.69 Å². The molecule has 1 aromatic rings. The van der Waals surface area contributed by atoms with Crippen LogP contribution in [0.5, 0.6) is 0 Å². The highest BCUT2D eigenvalue weighted by Crippen LogP contribution is 2.31. The van der Waals surface area contributed by atoms with Gasteiger partial charge in [-0.25, -0.2) is 0 Å².